The molecule has 0 saturated heterocycles. The van der Waals surface area contributed by atoms with Crippen LogP contribution < -0.4 is 20.2 Å². The van der Waals surface area contributed by atoms with E-state index in [1.165, 1.54) is 18.3 Å². The Balaban J connectivity index is 1.52. The summed E-state index contributed by atoms with van der Waals surface area (Å²) in [5, 5.41) is 18.2. The van der Waals surface area contributed by atoms with Gasteiger partial charge in [-0.15, -0.1) is 0 Å². The van der Waals surface area contributed by atoms with Gasteiger partial charge >= 0.3 is 0 Å². The molecule has 2 aromatic carbocycles. The van der Waals surface area contributed by atoms with Gasteiger partial charge in [-0.05, 0) is 36.0 Å². The van der Waals surface area contributed by atoms with Gasteiger partial charge in [0.1, 0.15) is 5.02 Å². The second-order valence-electron chi connectivity index (χ2n) is 5.21. The van der Waals surface area contributed by atoms with Gasteiger partial charge < -0.3 is 14.8 Å². The number of nitrogens with one attached hydrogen (secondary N) is 2. The molecule has 0 atom stereocenters. The minimum atomic E-state index is -0.551. The number of nitro groups is 1. The number of nitro benzene ring substituents is 1. The van der Waals surface area contributed by atoms with Crippen molar-refractivity contribution in [3.8, 4) is 11.5 Å². The summed E-state index contributed by atoms with van der Waals surface area (Å²) in [6.45, 7) is 0.703. The summed E-state index contributed by atoms with van der Waals surface area (Å²) >= 11 is 10.9. The second-order valence-corrected chi connectivity index (χ2v) is 6.02. The van der Waals surface area contributed by atoms with Crippen molar-refractivity contribution in [2.24, 2.45) is 5.10 Å². The molecule has 0 aliphatic carbocycles. The predicted octanol–water partition coefficient (Wildman–Crippen LogP) is 2.98. The fourth-order valence-electron chi connectivity index (χ4n) is 2.19. The van der Waals surface area contributed by atoms with Crippen LogP contribution in [0.4, 0.5) is 5.69 Å². The molecule has 2 aromatic rings. The highest BCUT2D eigenvalue weighted by molar-refractivity contribution is 7.80. The van der Waals surface area contributed by atoms with E-state index in [1.54, 1.807) is 6.07 Å². The van der Waals surface area contributed by atoms with Crippen LogP contribution in [0.1, 0.15) is 11.1 Å². The van der Waals surface area contributed by atoms with Crippen LogP contribution in [0.3, 0.4) is 0 Å². The number of hydrogen-bond donors (Lipinski definition) is 2. The number of halogens is 1. The molecule has 0 aromatic heterocycles. The van der Waals surface area contributed by atoms with Crippen LogP contribution >= 0.6 is 23.8 Å². The summed E-state index contributed by atoms with van der Waals surface area (Å²) in [4.78, 5) is 10.3. The number of thiocarbonyl (C=S) groups is 1. The third-order valence-electron chi connectivity index (χ3n) is 3.44. The summed E-state index contributed by atoms with van der Waals surface area (Å²) < 4.78 is 10.6. The average molecular weight is 393 g/mol. The van der Waals surface area contributed by atoms with Gasteiger partial charge in [0.25, 0.3) is 5.69 Å². The third kappa shape index (κ3) is 4.38. The molecule has 10 heteroatoms. The number of fused-ring (bicyclic) bond motifs is 1. The Kier molecular flexibility index (Phi) is 5.49. The highest BCUT2D eigenvalue weighted by Crippen LogP contribution is 2.32. The van der Waals surface area contributed by atoms with Crippen molar-refractivity contribution in [2.75, 3.05) is 6.79 Å². The Labute approximate surface area is 158 Å². The van der Waals surface area contributed by atoms with Gasteiger partial charge in [-0.3, -0.25) is 15.5 Å². The van der Waals surface area contributed by atoms with E-state index in [0.29, 0.717) is 23.0 Å². The minimum Gasteiger partial charge on any atom is -0.454 e. The Bertz CT molecular complexity index is 891. The molecular weight excluding hydrogens is 380 g/mol. The molecular formula is C16H13ClN4O4S. The maximum absolute atomic E-state index is 10.9. The number of hydrazone groups is 1. The fourth-order valence-corrected chi connectivity index (χ4v) is 2.50. The molecule has 1 aliphatic rings. The standard InChI is InChI=1S/C16H13ClN4O4S/c17-12-3-1-10(5-13(12)21(22)23)8-19-20-16(26)18-7-11-2-4-14-15(6-11)25-9-24-14/h1-6,8H,7,9H2,(H2,18,20,26)/b19-8-. The summed E-state index contributed by atoms with van der Waals surface area (Å²) in [6.07, 6.45) is 1.41. The van der Waals surface area contributed by atoms with Gasteiger partial charge in [-0.1, -0.05) is 23.7 Å². The van der Waals surface area contributed by atoms with Crippen molar-refractivity contribution in [1.29, 1.82) is 0 Å². The van der Waals surface area contributed by atoms with Crippen LogP contribution in [0.5, 0.6) is 11.5 Å². The zero-order valence-electron chi connectivity index (χ0n) is 13.3. The number of rotatable bonds is 5. The van der Waals surface area contributed by atoms with Crippen LogP contribution in [0.15, 0.2) is 41.5 Å². The first-order valence-electron chi connectivity index (χ1n) is 7.42. The van der Waals surface area contributed by atoms with Gasteiger partial charge in [0.05, 0.1) is 11.1 Å². The molecule has 1 heterocycles. The van der Waals surface area contributed by atoms with E-state index in [1.807, 2.05) is 18.2 Å². The van der Waals surface area contributed by atoms with Gasteiger partial charge in [-0.2, -0.15) is 5.10 Å². The van der Waals surface area contributed by atoms with Crippen molar-refractivity contribution in [3.63, 3.8) is 0 Å². The largest absolute Gasteiger partial charge is 0.454 e. The van der Waals surface area contributed by atoms with Crippen molar-refractivity contribution >= 4 is 40.8 Å². The molecule has 0 fully saturated rings. The quantitative estimate of drug-likeness (QED) is 0.349. The lowest BCUT2D eigenvalue weighted by molar-refractivity contribution is -0.384. The zero-order chi connectivity index (χ0) is 18.5. The molecule has 0 spiro atoms. The molecule has 0 bridgehead atoms. The minimum absolute atomic E-state index is 0.0704. The lowest BCUT2D eigenvalue weighted by Gasteiger charge is -2.07. The van der Waals surface area contributed by atoms with Crippen LogP contribution in [0, 0.1) is 10.1 Å². The fraction of sp³-hybridized carbons (Fsp3) is 0.125. The molecule has 2 N–H and O–H groups in total. The number of benzene rings is 2. The third-order valence-corrected chi connectivity index (χ3v) is 3.99. The summed E-state index contributed by atoms with van der Waals surface area (Å²) in [5.41, 5.74) is 3.96. The number of hydrogen-bond acceptors (Lipinski definition) is 6. The Morgan fingerprint density at radius 2 is 2.12 bits per heavy atom. The number of ether oxygens (including phenoxy) is 2. The zero-order valence-corrected chi connectivity index (χ0v) is 14.8. The van der Waals surface area contributed by atoms with Gasteiger partial charge in [0.2, 0.25) is 6.79 Å². The topological polar surface area (TPSA) is 98.0 Å². The lowest BCUT2D eigenvalue weighted by Crippen LogP contribution is -2.31. The molecule has 3 rings (SSSR count). The first kappa shape index (κ1) is 17.9. The van der Waals surface area contributed by atoms with Crippen molar-refractivity contribution in [2.45, 2.75) is 6.54 Å². The molecule has 0 unspecified atom stereocenters. The highest BCUT2D eigenvalue weighted by Gasteiger charge is 2.13. The molecule has 1 aliphatic heterocycles. The van der Waals surface area contributed by atoms with E-state index in [9.17, 15) is 10.1 Å². The van der Waals surface area contributed by atoms with Crippen molar-refractivity contribution in [1.82, 2.24) is 10.7 Å². The van der Waals surface area contributed by atoms with Gasteiger partial charge in [0.15, 0.2) is 16.6 Å². The maximum atomic E-state index is 10.9. The van der Waals surface area contributed by atoms with E-state index in [0.717, 1.165) is 11.3 Å². The molecule has 134 valence electrons. The monoisotopic (exact) mass is 392 g/mol. The summed E-state index contributed by atoms with van der Waals surface area (Å²) in [7, 11) is 0. The molecule has 8 nitrogen and oxygen atoms in total. The van der Waals surface area contributed by atoms with Crippen LogP contribution in [0.2, 0.25) is 5.02 Å². The summed E-state index contributed by atoms with van der Waals surface area (Å²) in [6, 6.07) is 9.99. The van der Waals surface area contributed by atoms with E-state index in [4.69, 9.17) is 33.3 Å². The lowest BCUT2D eigenvalue weighted by atomic mass is 10.2. The van der Waals surface area contributed by atoms with Crippen molar-refractivity contribution < 1.29 is 14.4 Å². The Morgan fingerprint density at radius 3 is 2.92 bits per heavy atom. The average Bonchev–Trinajstić information content (AvgIpc) is 3.09. The Hall–Kier alpha value is -2.91. The SMILES string of the molecule is O=[N+]([O-])c1cc(/C=N\NC(=S)NCc2ccc3c(c2)OCO3)ccc1Cl. The Morgan fingerprint density at radius 1 is 1.31 bits per heavy atom. The highest BCUT2D eigenvalue weighted by atomic mass is 35.5. The summed E-state index contributed by atoms with van der Waals surface area (Å²) in [5.74, 6) is 1.42. The smallest absolute Gasteiger partial charge is 0.288 e. The van der Waals surface area contributed by atoms with E-state index < -0.39 is 4.92 Å². The van der Waals surface area contributed by atoms with Gasteiger partial charge in [-0.25, -0.2) is 0 Å². The van der Waals surface area contributed by atoms with Gasteiger partial charge in [0, 0.05) is 18.2 Å². The van der Waals surface area contributed by atoms with E-state index in [2.05, 4.69) is 15.8 Å². The predicted molar refractivity (Wildman–Crippen MR) is 101 cm³/mol. The normalized spacial score (nSPS) is 12.2. The molecule has 0 saturated carbocycles. The molecule has 26 heavy (non-hydrogen) atoms. The molecule has 0 radical (unpaired) electrons. The number of nitrogens with zero attached hydrogens (tertiary/aromatic N) is 2. The van der Waals surface area contributed by atoms with Crippen LogP contribution in [0.25, 0.3) is 0 Å². The molecule has 0 amide bonds. The van der Waals surface area contributed by atoms with E-state index >= 15 is 0 Å². The van der Waals surface area contributed by atoms with Crippen LogP contribution in [-0.2, 0) is 6.54 Å². The first-order chi connectivity index (χ1) is 12.5. The second kappa shape index (κ2) is 7.98. The maximum Gasteiger partial charge on any atom is 0.288 e. The van der Waals surface area contributed by atoms with Crippen LogP contribution in [-0.4, -0.2) is 23.0 Å². The first-order valence-corrected chi connectivity index (χ1v) is 8.21. The van der Waals surface area contributed by atoms with Crippen molar-refractivity contribution in [3.05, 3.63) is 62.7 Å². The van der Waals surface area contributed by atoms with E-state index in [-0.39, 0.29) is 17.5 Å².